The number of ether oxygens (including phenoxy) is 1. The van der Waals surface area contributed by atoms with Gasteiger partial charge in [-0.3, -0.25) is 0 Å². The van der Waals surface area contributed by atoms with E-state index in [0.717, 1.165) is 32.0 Å². The van der Waals surface area contributed by atoms with Crippen molar-refractivity contribution in [2.75, 3.05) is 27.2 Å². The fourth-order valence-corrected chi connectivity index (χ4v) is 2.40. The number of hydrogen-bond donors (Lipinski definition) is 1. The van der Waals surface area contributed by atoms with Gasteiger partial charge in [-0.1, -0.05) is 60.7 Å². The van der Waals surface area contributed by atoms with Crippen LogP contribution in [-0.4, -0.2) is 38.1 Å². The first-order chi connectivity index (χ1) is 12.3. The van der Waals surface area contributed by atoms with E-state index in [4.69, 9.17) is 4.74 Å². The Balaban J connectivity index is 1.61. The molecular weight excluding hydrogens is 310 g/mol. The van der Waals surface area contributed by atoms with Crippen LogP contribution in [0.5, 0.6) is 0 Å². The van der Waals surface area contributed by atoms with Crippen LogP contribution in [0.1, 0.15) is 24.0 Å². The molecule has 2 aromatic carbocycles. The number of aliphatic imine (C=N–C) groups is 1. The van der Waals surface area contributed by atoms with Crippen LogP contribution in [0.4, 0.5) is 0 Å². The van der Waals surface area contributed by atoms with E-state index in [9.17, 15) is 0 Å². The second-order valence-electron chi connectivity index (χ2n) is 6.19. The van der Waals surface area contributed by atoms with Crippen molar-refractivity contribution < 1.29 is 4.74 Å². The maximum atomic E-state index is 5.71. The fraction of sp³-hybridized carbons (Fsp3) is 0.381. The van der Waals surface area contributed by atoms with Crippen LogP contribution < -0.4 is 5.32 Å². The molecule has 0 aliphatic rings. The lowest BCUT2D eigenvalue weighted by Crippen LogP contribution is -2.37. The van der Waals surface area contributed by atoms with Gasteiger partial charge in [-0.05, 0) is 24.0 Å². The summed E-state index contributed by atoms with van der Waals surface area (Å²) in [6.45, 7) is 3.08. The van der Waals surface area contributed by atoms with E-state index in [-0.39, 0.29) is 0 Å². The van der Waals surface area contributed by atoms with Gasteiger partial charge < -0.3 is 15.0 Å². The minimum Gasteiger partial charge on any atom is -0.377 e. The van der Waals surface area contributed by atoms with Crippen LogP contribution >= 0.6 is 0 Å². The first-order valence-electron chi connectivity index (χ1n) is 8.87. The Labute approximate surface area is 151 Å². The van der Waals surface area contributed by atoms with Crippen molar-refractivity contribution in [3.8, 4) is 0 Å². The van der Waals surface area contributed by atoms with Gasteiger partial charge in [0.2, 0.25) is 0 Å². The van der Waals surface area contributed by atoms with E-state index in [1.54, 1.807) is 0 Å². The van der Waals surface area contributed by atoms with Crippen LogP contribution in [-0.2, 0) is 17.9 Å². The maximum absolute atomic E-state index is 5.71. The molecule has 0 heterocycles. The Morgan fingerprint density at radius 1 is 0.920 bits per heavy atom. The standard InChI is InChI=1S/C21H29N3O/c1-24(2)21(23-17-19-11-5-3-6-12-19)22-15-9-10-16-25-18-20-13-7-4-8-14-20/h3-8,11-14H,9-10,15-18H2,1-2H3,(H,22,23). The average molecular weight is 339 g/mol. The van der Waals surface area contributed by atoms with Gasteiger partial charge in [0, 0.05) is 27.2 Å². The van der Waals surface area contributed by atoms with Crippen molar-refractivity contribution in [2.24, 2.45) is 4.99 Å². The largest absolute Gasteiger partial charge is 0.377 e. The van der Waals surface area contributed by atoms with Crippen LogP contribution in [0.3, 0.4) is 0 Å². The molecule has 2 rings (SSSR count). The van der Waals surface area contributed by atoms with Gasteiger partial charge in [-0.2, -0.15) is 0 Å². The lowest BCUT2D eigenvalue weighted by molar-refractivity contribution is 0.117. The molecule has 25 heavy (non-hydrogen) atoms. The molecule has 0 saturated heterocycles. The quantitative estimate of drug-likeness (QED) is 0.430. The molecule has 0 radical (unpaired) electrons. The van der Waals surface area contributed by atoms with Gasteiger partial charge >= 0.3 is 0 Å². The van der Waals surface area contributed by atoms with Crippen molar-refractivity contribution in [1.29, 1.82) is 0 Å². The number of hydrogen-bond acceptors (Lipinski definition) is 2. The summed E-state index contributed by atoms with van der Waals surface area (Å²) in [5, 5.41) is 3.42. The number of unbranched alkanes of at least 4 members (excludes halogenated alkanes) is 1. The monoisotopic (exact) mass is 339 g/mol. The Bertz CT molecular complexity index is 612. The molecule has 0 unspecified atom stereocenters. The minimum absolute atomic E-state index is 0.690. The second-order valence-corrected chi connectivity index (χ2v) is 6.19. The molecule has 0 saturated carbocycles. The molecule has 0 aromatic heterocycles. The third kappa shape index (κ3) is 7.86. The zero-order valence-corrected chi connectivity index (χ0v) is 15.3. The highest BCUT2D eigenvalue weighted by atomic mass is 16.5. The second kappa shape index (κ2) is 11.3. The summed E-state index contributed by atoms with van der Waals surface area (Å²) in [5.74, 6) is 0.925. The molecule has 4 nitrogen and oxygen atoms in total. The van der Waals surface area contributed by atoms with E-state index < -0.39 is 0 Å². The highest BCUT2D eigenvalue weighted by Crippen LogP contribution is 2.02. The summed E-state index contributed by atoms with van der Waals surface area (Å²) in [7, 11) is 4.03. The Hall–Kier alpha value is -2.33. The molecule has 0 atom stereocenters. The van der Waals surface area contributed by atoms with Crippen molar-refractivity contribution in [3.63, 3.8) is 0 Å². The van der Waals surface area contributed by atoms with Crippen LogP contribution in [0, 0.1) is 0 Å². The van der Waals surface area contributed by atoms with Gasteiger partial charge in [0.05, 0.1) is 13.2 Å². The normalized spacial score (nSPS) is 11.4. The first kappa shape index (κ1) is 19.0. The van der Waals surface area contributed by atoms with E-state index in [2.05, 4.69) is 34.6 Å². The molecule has 4 heteroatoms. The average Bonchev–Trinajstić information content (AvgIpc) is 2.64. The minimum atomic E-state index is 0.690. The number of guanidine groups is 1. The molecule has 0 aliphatic heterocycles. The zero-order valence-electron chi connectivity index (χ0n) is 15.3. The van der Waals surface area contributed by atoms with Crippen LogP contribution in [0.2, 0.25) is 0 Å². The summed E-state index contributed by atoms with van der Waals surface area (Å²) in [6.07, 6.45) is 2.10. The zero-order chi connectivity index (χ0) is 17.7. The highest BCUT2D eigenvalue weighted by Gasteiger charge is 2.01. The van der Waals surface area contributed by atoms with Crippen molar-refractivity contribution in [2.45, 2.75) is 26.0 Å². The third-order valence-electron chi connectivity index (χ3n) is 3.79. The van der Waals surface area contributed by atoms with E-state index in [1.807, 2.05) is 55.4 Å². The molecule has 1 N–H and O–H groups in total. The van der Waals surface area contributed by atoms with Crippen molar-refractivity contribution >= 4 is 5.96 Å². The summed E-state index contributed by atoms with van der Waals surface area (Å²) in [5.41, 5.74) is 2.45. The van der Waals surface area contributed by atoms with Gasteiger partial charge in [-0.25, -0.2) is 4.99 Å². The van der Waals surface area contributed by atoms with Gasteiger partial charge in [0.1, 0.15) is 0 Å². The van der Waals surface area contributed by atoms with E-state index in [1.165, 1.54) is 11.1 Å². The SMILES string of the molecule is CN(C)C(=NCc1ccccc1)NCCCCOCc1ccccc1. The van der Waals surface area contributed by atoms with Crippen LogP contribution in [0.25, 0.3) is 0 Å². The maximum Gasteiger partial charge on any atom is 0.193 e. The Morgan fingerprint density at radius 2 is 1.56 bits per heavy atom. The smallest absolute Gasteiger partial charge is 0.193 e. The predicted molar refractivity (Wildman–Crippen MR) is 105 cm³/mol. The Morgan fingerprint density at radius 3 is 2.20 bits per heavy atom. The fourth-order valence-electron chi connectivity index (χ4n) is 2.40. The molecule has 0 bridgehead atoms. The summed E-state index contributed by atoms with van der Waals surface area (Å²) < 4.78 is 5.71. The molecule has 0 spiro atoms. The Kier molecular flexibility index (Phi) is 8.56. The summed E-state index contributed by atoms with van der Waals surface area (Å²) in [4.78, 5) is 6.69. The molecule has 0 amide bonds. The molecule has 134 valence electrons. The van der Waals surface area contributed by atoms with E-state index in [0.29, 0.717) is 13.2 Å². The molecular formula is C21H29N3O. The number of benzene rings is 2. The predicted octanol–water partition coefficient (Wildman–Crippen LogP) is 3.69. The third-order valence-corrected chi connectivity index (χ3v) is 3.79. The molecule has 0 fully saturated rings. The molecule has 0 aliphatic carbocycles. The van der Waals surface area contributed by atoms with Gasteiger partial charge in [0.25, 0.3) is 0 Å². The topological polar surface area (TPSA) is 36.9 Å². The van der Waals surface area contributed by atoms with Gasteiger partial charge in [0.15, 0.2) is 5.96 Å². The van der Waals surface area contributed by atoms with Crippen molar-refractivity contribution in [3.05, 3.63) is 71.8 Å². The number of nitrogens with one attached hydrogen (secondary N) is 1. The lowest BCUT2D eigenvalue weighted by Gasteiger charge is -2.17. The first-order valence-corrected chi connectivity index (χ1v) is 8.87. The summed E-state index contributed by atoms with van der Waals surface area (Å²) in [6, 6.07) is 20.6. The summed E-state index contributed by atoms with van der Waals surface area (Å²) >= 11 is 0. The lowest BCUT2D eigenvalue weighted by atomic mass is 10.2. The number of rotatable bonds is 9. The highest BCUT2D eigenvalue weighted by molar-refractivity contribution is 5.79. The molecule has 2 aromatic rings. The van der Waals surface area contributed by atoms with E-state index >= 15 is 0 Å². The van der Waals surface area contributed by atoms with Crippen LogP contribution in [0.15, 0.2) is 65.7 Å². The van der Waals surface area contributed by atoms with Crippen molar-refractivity contribution in [1.82, 2.24) is 10.2 Å². The van der Waals surface area contributed by atoms with Gasteiger partial charge in [-0.15, -0.1) is 0 Å². The number of nitrogens with zero attached hydrogens (tertiary/aromatic N) is 2.